The van der Waals surface area contributed by atoms with Crippen LogP contribution in [-0.2, 0) is 0 Å². The lowest BCUT2D eigenvalue weighted by Gasteiger charge is -2.18. The number of carbonyl (C=O) groups excluding carboxylic acids is 1. The fourth-order valence-corrected chi connectivity index (χ4v) is 2.98. The highest BCUT2D eigenvalue weighted by molar-refractivity contribution is 7.20. The average molecular weight is 265 g/mol. The molecular formula is C14H16FNOS. The lowest BCUT2D eigenvalue weighted by atomic mass is 10.2. The standard InChI is InChI=1S/C14H16FNOS/c1-9(2)8-16(3)14(17)13-7-10-6-11(15)4-5-12(10)18-13/h4-7,9H,8H2,1-3H3. The Morgan fingerprint density at radius 1 is 1.39 bits per heavy atom. The number of fused-ring (bicyclic) bond motifs is 1. The van der Waals surface area contributed by atoms with Gasteiger partial charge in [0.15, 0.2) is 0 Å². The number of carbonyl (C=O) groups is 1. The monoisotopic (exact) mass is 265 g/mol. The summed E-state index contributed by atoms with van der Waals surface area (Å²) in [7, 11) is 1.80. The Hall–Kier alpha value is -1.42. The molecule has 1 heterocycles. The van der Waals surface area contributed by atoms with Crippen molar-refractivity contribution in [3.05, 3.63) is 35.0 Å². The minimum absolute atomic E-state index is 0.00491. The molecule has 4 heteroatoms. The molecule has 0 fully saturated rings. The van der Waals surface area contributed by atoms with Crippen molar-refractivity contribution < 1.29 is 9.18 Å². The molecule has 0 atom stereocenters. The largest absolute Gasteiger partial charge is 0.341 e. The summed E-state index contributed by atoms with van der Waals surface area (Å²) in [4.78, 5) is 14.6. The minimum atomic E-state index is -0.269. The van der Waals surface area contributed by atoms with Gasteiger partial charge in [-0.05, 0) is 35.6 Å². The zero-order valence-corrected chi connectivity index (χ0v) is 11.6. The molecular weight excluding hydrogens is 249 g/mol. The predicted molar refractivity (Wildman–Crippen MR) is 73.6 cm³/mol. The minimum Gasteiger partial charge on any atom is -0.341 e. The van der Waals surface area contributed by atoms with Crippen LogP contribution in [0.5, 0.6) is 0 Å². The van der Waals surface area contributed by atoms with Gasteiger partial charge in [0.1, 0.15) is 5.82 Å². The molecule has 0 radical (unpaired) electrons. The number of rotatable bonds is 3. The van der Waals surface area contributed by atoms with E-state index < -0.39 is 0 Å². The third kappa shape index (κ3) is 2.70. The summed E-state index contributed by atoms with van der Waals surface area (Å²) in [5.74, 6) is 0.172. The number of hydrogen-bond donors (Lipinski definition) is 0. The average Bonchev–Trinajstić information content (AvgIpc) is 2.69. The molecule has 0 saturated heterocycles. The van der Waals surface area contributed by atoms with Crippen molar-refractivity contribution in [3.8, 4) is 0 Å². The Balaban J connectivity index is 2.28. The van der Waals surface area contributed by atoms with Crippen molar-refractivity contribution in [1.82, 2.24) is 4.90 Å². The van der Waals surface area contributed by atoms with Crippen LogP contribution in [-0.4, -0.2) is 24.4 Å². The number of halogens is 1. The summed E-state index contributed by atoms with van der Waals surface area (Å²) in [5, 5.41) is 0.793. The summed E-state index contributed by atoms with van der Waals surface area (Å²) in [5.41, 5.74) is 0. The lowest BCUT2D eigenvalue weighted by molar-refractivity contribution is 0.0784. The van der Waals surface area contributed by atoms with Gasteiger partial charge in [-0.1, -0.05) is 13.8 Å². The van der Waals surface area contributed by atoms with E-state index in [9.17, 15) is 9.18 Å². The second-order valence-corrected chi connectivity index (χ2v) is 5.96. The van der Waals surface area contributed by atoms with Crippen LogP contribution >= 0.6 is 11.3 Å². The quantitative estimate of drug-likeness (QED) is 0.827. The van der Waals surface area contributed by atoms with Gasteiger partial charge in [-0.15, -0.1) is 11.3 Å². The lowest BCUT2D eigenvalue weighted by Crippen LogP contribution is -2.29. The predicted octanol–water partition coefficient (Wildman–Crippen LogP) is 3.77. The maximum atomic E-state index is 13.1. The Bertz CT molecular complexity index is 576. The highest BCUT2D eigenvalue weighted by atomic mass is 32.1. The van der Waals surface area contributed by atoms with Crippen molar-refractivity contribution >= 4 is 27.3 Å². The molecule has 2 aromatic rings. The number of hydrogen-bond acceptors (Lipinski definition) is 2. The van der Waals surface area contributed by atoms with Crippen molar-refractivity contribution in [1.29, 1.82) is 0 Å². The number of nitrogens with zero attached hydrogens (tertiary/aromatic N) is 1. The smallest absolute Gasteiger partial charge is 0.263 e. The Labute approximate surface area is 110 Å². The van der Waals surface area contributed by atoms with Crippen LogP contribution in [0.25, 0.3) is 10.1 Å². The van der Waals surface area contributed by atoms with E-state index in [0.717, 1.165) is 16.6 Å². The highest BCUT2D eigenvalue weighted by Gasteiger charge is 2.15. The molecule has 0 aliphatic rings. The molecule has 96 valence electrons. The Morgan fingerprint density at radius 3 is 2.78 bits per heavy atom. The van der Waals surface area contributed by atoms with Crippen molar-refractivity contribution in [2.45, 2.75) is 13.8 Å². The van der Waals surface area contributed by atoms with Gasteiger partial charge in [-0.25, -0.2) is 4.39 Å². The second-order valence-electron chi connectivity index (χ2n) is 4.87. The first-order valence-electron chi connectivity index (χ1n) is 5.92. The van der Waals surface area contributed by atoms with Crippen LogP contribution in [0.4, 0.5) is 4.39 Å². The maximum Gasteiger partial charge on any atom is 0.263 e. The molecule has 1 aromatic carbocycles. The summed E-state index contributed by atoms with van der Waals surface area (Å²) in [6.07, 6.45) is 0. The molecule has 0 bridgehead atoms. The van der Waals surface area contributed by atoms with Crippen LogP contribution < -0.4 is 0 Å². The van der Waals surface area contributed by atoms with Crippen LogP contribution in [0.3, 0.4) is 0 Å². The molecule has 18 heavy (non-hydrogen) atoms. The van der Waals surface area contributed by atoms with Crippen LogP contribution in [0.2, 0.25) is 0 Å². The normalized spacial score (nSPS) is 11.2. The SMILES string of the molecule is CC(C)CN(C)C(=O)c1cc2cc(F)ccc2s1. The third-order valence-electron chi connectivity index (χ3n) is 2.67. The third-order valence-corrected chi connectivity index (χ3v) is 3.78. The summed E-state index contributed by atoms with van der Waals surface area (Å²) < 4.78 is 14.0. The fourth-order valence-electron chi connectivity index (χ4n) is 1.94. The van der Waals surface area contributed by atoms with E-state index in [0.29, 0.717) is 10.8 Å². The maximum absolute atomic E-state index is 13.1. The topological polar surface area (TPSA) is 20.3 Å². The van der Waals surface area contributed by atoms with E-state index >= 15 is 0 Å². The molecule has 1 aromatic heterocycles. The van der Waals surface area contributed by atoms with E-state index in [2.05, 4.69) is 13.8 Å². The summed E-state index contributed by atoms with van der Waals surface area (Å²) in [6.45, 7) is 4.87. The van der Waals surface area contributed by atoms with Crippen LogP contribution in [0.15, 0.2) is 24.3 Å². The van der Waals surface area contributed by atoms with Crippen LogP contribution in [0, 0.1) is 11.7 Å². The van der Waals surface area contributed by atoms with Gasteiger partial charge >= 0.3 is 0 Å². The zero-order valence-electron chi connectivity index (χ0n) is 10.7. The first kappa shape index (κ1) is 13.0. The molecule has 0 aliphatic heterocycles. The summed E-state index contributed by atoms with van der Waals surface area (Å²) in [6, 6.07) is 6.37. The molecule has 2 rings (SSSR count). The fraction of sp³-hybridized carbons (Fsp3) is 0.357. The molecule has 2 nitrogen and oxygen atoms in total. The van der Waals surface area contributed by atoms with Gasteiger partial charge < -0.3 is 4.90 Å². The number of thiophene rings is 1. The Morgan fingerprint density at radius 2 is 2.11 bits per heavy atom. The Kier molecular flexibility index (Phi) is 3.66. The van der Waals surface area contributed by atoms with E-state index in [1.54, 1.807) is 24.1 Å². The molecule has 0 N–H and O–H groups in total. The van der Waals surface area contributed by atoms with Gasteiger partial charge in [0, 0.05) is 18.3 Å². The molecule has 0 unspecified atom stereocenters. The van der Waals surface area contributed by atoms with Gasteiger partial charge in [-0.3, -0.25) is 4.79 Å². The van der Waals surface area contributed by atoms with E-state index in [1.807, 2.05) is 0 Å². The van der Waals surface area contributed by atoms with E-state index in [-0.39, 0.29) is 11.7 Å². The van der Waals surface area contributed by atoms with Crippen molar-refractivity contribution in [2.75, 3.05) is 13.6 Å². The number of amides is 1. The van der Waals surface area contributed by atoms with E-state index in [4.69, 9.17) is 0 Å². The second kappa shape index (κ2) is 5.06. The van der Waals surface area contributed by atoms with Crippen LogP contribution in [0.1, 0.15) is 23.5 Å². The highest BCUT2D eigenvalue weighted by Crippen LogP contribution is 2.27. The summed E-state index contributed by atoms with van der Waals surface area (Å²) >= 11 is 1.41. The first-order valence-corrected chi connectivity index (χ1v) is 6.73. The van der Waals surface area contributed by atoms with Gasteiger partial charge in [0.2, 0.25) is 0 Å². The molecule has 0 aliphatic carbocycles. The molecule has 0 saturated carbocycles. The van der Waals surface area contributed by atoms with Gasteiger partial charge in [0.25, 0.3) is 5.91 Å². The van der Waals surface area contributed by atoms with Crippen molar-refractivity contribution in [3.63, 3.8) is 0 Å². The molecule has 0 spiro atoms. The van der Waals surface area contributed by atoms with Crippen molar-refractivity contribution in [2.24, 2.45) is 5.92 Å². The zero-order chi connectivity index (χ0) is 13.3. The first-order chi connectivity index (χ1) is 8.47. The van der Waals surface area contributed by atoms with E-state index in [1.165, 1.54) is 23.5 Å². The molecule has 1 amide bonds. The number of benzene rings is 1. The van der Waals surface area contributed by atoms with Gasteiger partial charge in [-0.2, -0.15) is 0 Å². The van der Waals surface area contributed by atoms with Gasteiger partial charge in [0.05, 0.1) is 4.88 Å².